The first kappa shape index (κ1) is 26.5. The first-order valence-electron chi connectivity index (χ1n) is 11.5. The maximum atomic E-state index is 13.8. The SMILES string of the molecule is CC(C)(NC(C=O)c1ccc(F)cc1)C(=O)Nc1nc(-c2ccccc2)c(C(=O)N2CCC(F)(F)C2)s1. The number of anilines is 1. The van der Waals surface area contributed by atoms with Gasteiger partial charge < -0.3 is 15.0 Å². The number of thiazole rings is 1. The van der Waals surface area contributed by atoms with E-state index >= 15 is 0 Å². The van der Waals surface area contributed by atoms with E-state index in [2.05, 4.69) is 15.6 Å². The van der Waals surface area contributed by atoms with Crippen molar-refractivity contribution >= 4 is 34.6 Å². The molecule has 1 aliphatic rings. The number of carbonyl (C=O) groups excluding carboxylic acids is 3. The van der Waals surface area contributed by atoms with Crippen molar-refractivity contribution in [2.24, 2.45) is 0 Å². The van der Waals surface area contributed by atoms with Gasteiger partial charge in [-0.25, -0.2) is 18.2 Å². The predicted octanol–water partition coefficient (Wildman–Crippen LogP) is 4.68. The minimum atomic E-state index is -2.94. The van der Waals surface area contributed by atoms with Gasteiger partial charge in [-0.15, -0.1) is 0 Å². The predicted molar refractivity (Wildman–Crippen MR) is 134 cm³/mol. The maximum Gasteiger partial charge on any atom is 0.267 e. The Morgan fingerprint density at radius 3 is 2.41 bits per heavy atom. The highest BCUT2D eigenvalue weighted by atomic mass is 32.1. The highest BCUT2D eigenvalue weighted by Gasteiger charge is 2.41. The molecule has 1 atom stereocenters. The molecule has 3 aromatic rings. The number of carbonyl (C=O) groups is 3. The highest BCUT2D eigenvalue weighted by Crippen LogP contribution is 2.35. The first-order chi connectivity index (χ1) is 17.5. The van der Waals surface area contributed by atoms with E-state index in [1.807, 2.05) is 0 Å². The molecule has 1 aromatic heterocycles. The molecule has 4 rings (SSSR count). The summed E-state index contributed by atoms with van der Waals surface area (Å²) in [6, 6.07) is 13.2. The van der Waals surface area contributed by atoms with Crippen LogP contribution >= 0.6 is 11.3 Å². The minimum absolute atomic E-state index is 0.0763. The average molecular weight is 531 g/mol. The van der Waals surface area contributed by atoms with Crippen LogP contribution in [0, 0.1) is 5.82 Å². The van der Waals surface area contributed by atoms with Gasteiger partial charge in [0.1, 0.15) is 17.0 Å². The lowest BCUT2D eigenvalue weighted by atomic mass is 10.00. The van der Waals surface area contributed by atoms with Crippen LogP contribution in [-0.2, 0) is 9.59 Å². The standard InChI is InChI=1S/C26H25F3N4O3S/c1-25(2,32-19(14-34)16-8-10-18(27)11-9-16)23(36)31-24-30-20(17-6-4-3-5-7-17)21(37-24)22(35)33-13-12-26(28,29)15-33/h3-11,14,19,32H,12-13,15H2,1-2H3,(H,30,31,36). The zero-order valence-corrected chi connectivity index (χ0v) is 20.9. The van der Waals surface area contributed by atoms with Crippen molar-refractivity contribution < 1.29 is 27.6 Å². The van der Waals surface area contributed by atoms with Gasteiger partial charge in [0.05, 0.1) is 23.8 Å². The number of likely N-dealkylation sites (tertiary alicyclic amines) is 1. The molecule has 2 aromatic carbocycles. The van der Waals surface area contributed by atoms with Crippen molar-refractivity contribution in [1.29, 1.82) is 0 Å². The lowest BCUT2D eigenvalue weighted by molar-refractivity contribution is -0.122. The Morgan fingerprint density at radius 1 is 1.14 bits per heavy atom. The molecule has 194 valence electrons. The second-order valence-corrected chi connectivity index (χ2v) is 10.3. The van der Waals surface area contributed by atoms with Crippen LogP contribution in [0.3, 0.4) is 0 Å². The zero-order valence-electron chi connectivity index (χ0n) is 20.1. The monoisotopic (exact) mass is 530 g/mol. The van der Waals surface area contributed by atoms with Crippen LogP contribution in [-0.4, -0.2) is 52.5 Å². The molecule has 0 spiro atoms. The third-order valence-electron chi connectivity index (χ3n) is 6.00. The Bertz CT molecular complexity index is 1300. The molecule has 11 heteroatoms. The molecule has 1 unspecified atom stereocenters. The van der Waals surface area contributed by atoms with Crippen LogP contribution in [0.5, 0.6) is 0 Å². The van der Waals surface area contributed by atoms with Crippen molar-refractivity contribution in [1.82, 2.24) is 15.2 Å². The van der Waals surface area contributed by atoms with Crippen LogP contribution in [0.4, 0.5) is 18.3 Å². The quantitative estimate of drug-likeness (QED) is 0.413. The van der Waals surface area contributed by atoms with Crippen LogP contribution in [0.25, 0.3) is 11.3 Å². The number of rotatable bonds is 8. The molecule has 7 nitrogen and oxygen atoms in total. The van der Waals surface area contributed by atoms with Crippen LogP contribution in [0.2, 0.25) is 0 Å². The largest absolute Gasteiger partial charge is 0.332 e. The maximum absolute atomic E-state index is 13.8. The summed E-state index contributed by atoms with van der Waals surface area (Å²) < 4.78 is 40.8. The van der Waals surface area contributed by atoms with Crippen molar-refractivity contribution in [3.8, 4) is 11.3 Å². The Kier molecular flexibility index (Phi) is 7.47. The van der Waals surface area contributed by atoms with Gasteiger partial charge in [0.15, 0.2) is 5.13 Å². The molecule has 37 heavy (non-hydrogen) atoms. The van der Waals surface area contributed by atoms with Gasteiger partial charge in [-0.05, 0) is 31.5 Å². The van der Waals surface area contributed by atoms with E-state index in [4.69, 9.17) is 0 Å². The van der Waals surface area contributed by atoms with E-state index < -0.39 is 48.1 Å². The summed E-state index contributed by atoms with van der Waals surface area (Å²) >= 11 is 0.898. The number of amides is 2. The van der Waals surface area contributed by atoms with E-state index in [1.165, 1.54) is 24.3 Å². The van der Waals surface area contributed by atoms with Crippen molar-refractivity contribution in [3.63, 3.8) is 0 Å². The molecule has 1 aliphatic heterocycles. The summed E-state index contributed by atoms with van der Waals surface area (Å²) in [5.41, 5.74) is 0.0834. The van der Waals surface area contributed by atoms with Gasteiger partial charge in [0.25, 0.3) is 11.8 Å². The molecule has 0 bridgehead atoms. The molecule has 0 radical (unpaired) electrons. The van der Waals surface area contributed by atoms with Gasteiger partial charge in [-0.1, -0.05) is 53.8 Å². The number of alkyl halides is 2. The van der Waals surface area contributed by atoms with E-state index in [-0.39, 0.29) is 22.2 Å². The van der Waals surface area contributed by atoms with E-state index in [1.54, 1.807) is 44.2 Å². The second kappa shape index (κ2) is 10.4. The van der Waals surface area contributed by atoms with Crippen molar-refractivity contribution in [3.05, 3.63) is 70.9 Å². The molecule has 2 heterocycles. The molecule has 0 aliphatic carbocycles. The summed E-state index contributed by atoms with van der Waals surface area (Å²) in [6.07, 6.45) is 0.204. The Hall–Kier alpha value is -3.57. The summed E-state index contributed by atoms with van der Waals surface area (Å²) in [5.74, 6) is -4.52. The minimum Gasteiger partial charge on any atom is -0.332 e. The Morgan fingerprint density at radius 2 is 1.81 bits per heavy atom. The van der Waals surface area contributed by atoms with Gasteiger partial charge in [-0.2, -0.15) is 0 Å². The van der Waals surface area contributed by atoms with E-state index in [0.717, 1.165) is 16.2 Å². The topological polar surface area (TPSA) is 91.4 Å². The van der Waals surface area contributed by atoms with Gasteiger partial charge in [0, 0.05) is 18.5 Å². The normalized spacial score (nSPS) is 15.9. The van der Waals surface area contributed by atoms with Crippen molar-refractivity contribution in [2.75, 3.05) is 18.4 Å². The van der Waals surface area contributed by atoms with Crippen LogP contribution in [0.15, 0.2) is 54.6 Å². The fourth-order valence-corrected chi connectivity index (χ4v) is 4.89. The number of aldehydes is 1. The summed E-state index contributed by atoms with van der Waals surface area (Å²) in [5, 5.41) is 5.73. The molecule has 2 amide bonds. The number of hydrogen-bond donors (Lipinski definition) is 2. The lowest BCUT2D eigenvalue weighted by Crippen LogP contribution is -2.51. The fraction of sp³-hybridized carbons (Fsp3) is 0.308. The molecule has 2 N–H and O–H groups in total. The summed E-state index contributed by atoms with van der Waals surface area (Å²) in [6.45, 7) is 2.37. The summed E-state index contributed by atoms with van der Waals surface area (Å²) in [4.78, 5) is 43.7. The summed E-state index contributed by atoms with van der Waals surface area (Å²) in [7, 11) is 0. The Labute approximate surface area is 215 Å². The molecule has 1 fully saturated rings. The third-order valence-corrected chi connectivity index (χ3v) is 6.95. The van der Waals surface area contributed by atoms with Gasteiger partial charge in [-0.3, -0.25) is 14.9 Å². The second-order valence-electron chi connectivity index (χ2n) is 9.28. The number of halogens is 3. The fourth-order valence-electron chi connectivity index (χ4n) is 3.94. The van der Waals surface area contributed by atoms with Crippen molar-refractivity contribution in [2.45, 2.75) is 37.8 Å². The van der Waals surface area contributed by atoms with Gasteiger partial charge >= 0.3 is 0 Å². The van der Waals surface area contributed by atoms with E-state index in [0.29, 0.717) is 17.4 Å². The number of hydrogen-bond acceptors (Lipinski definition) is 6. The molecule has 0 saturated carbocycles. The average Bonchev–Trinajstić information content (AvgIpc) is 3.46. The number of benzene rings is 2. The first-order valence-corrected chi connectivity index (χ1v) is 12.3. The van der Waals surface area contributed by atoms with Gasteiger partial charge in [0.2, 0.25) is 5.91 Å². The molecular weight excluding hydrogens is 505 g/mol. The number of nitrogens with one attached hydrogen (secondary N) is 2. The number of nitrogens with zero attached hydrogens (tertiary/aromatic N) is 2. The third kappa shape index (κ3) is 6.05. The lowest BCUT2D eigenvalue weighted by Gasteiger charge is -2.28. The van der Waals surface area contributed by atoms with E-state index in [9.17, 15) is 27.6 Å². The smallest absolute Gasteiger partial charge is 0.267 e. The van der Waals surface area contributed by atoms with Crippen LogP contribution in [0.1, 0.15) is 41.5 Å². The zero-order chi connectivity index (χ0) is 26.8. The van der Waals surface area contributed by atoms with Crippen LogP contribution < -0.4 is 10.6 Å². The highest BCUT2D eigenvalue weighted by molar-refractivity contribution is 7.18. The molecule has 1 saturated heterocycles. The molecular formula is C26H25F3N4O3S. The number of aromatic nitrogens is 1. The Balaban J connectivity index is 1.57.